The van der Waals surface area contributed by atoms with Gasteiger partial charge in [0.1, 0.15) is 17.0 Å². The summed E-state index contributed by atoms with van der Waals surface area (Å²) in [6.07, 6.45) is -9.49. The summed E-state index contributed by atoms with van der Waals surface area (Å²) in [5, 5.41) is 9.33. The van der Waals surface area contributed by atoms with Crippen LogP contribution in [0.25, 0.3) is 11.0 Å². The Kier molecular flexibility index (Phi) is 7.45. The van der Waals surface area contributed by atoms with Gasteiger partial charge in [-0.1, -0.05) is 24.3 Å². The van der Waals surface area contributed by atoms with E-state index in [1.54, 1.807) is 47.4 Å². The monoisotopic (exact) mass is 539 g/mol. The molecule has 0 saturated carbocycles. The molecular weight excluding hydrogens is 516 g/mol. The number of alkyl halides is 6. The lowest BCUT2D eigenvalue weighted by atomic mass is 10.1. The number of ether oxygens (including phenoxy) is 2. The number of hydrogen-bond donors (Lipinski definition) is 1. The molecule has 12 heteroatoms. The minimum absolute atomic E-state index is 0.0135. The summed E-state index contributed by atoms with van der Waals surface area (Å²) in [5.41, 5.74) is 1.54. The molecule has 1 aromatic heterocycles. The number of hydrogen-bond acceptors (Lipinski definition) is 4. The van der Waals surface area contributed by atoms with Crippen LogP contribution < -0.4 is 15.1 Å². The average Bonchev–Trinajstić information content (AvgIpc) is 3.10. The molecule has 1 N–H and O–H groups in total. The van der Waals surface area contributed by atoms with Gasteiger partial charge in [-0.3, -0.25) is 0 Å². The molecule has 0 unspecified atom stereocenters. The fraction of sp³-hybridized carbons (Fsp3) is 0.269. The Morgan fingerprint density at radius 3 is 2.08 bits per heavy atom. The number of nitrogens with zero attached hydrogens (tertiary/aromatic N) is 3. The summed E-state index contributed by atoms with van der Waals surface area (Å²) in [6.45, 7) is 1.73. The molecule has 0 atom stereocenters. The van der Waals surface area contributed by atoms with Crippen LogP contribution in [0.2, 0.25) is 0 Å². The van der Waals surface area contributed by atoms with Crippen molar-refractivity contribution in [2.45, 2.75) is 32.6 Å². The molecule has 4 aromatic rings. The van der Waals surface area contributed by atoms with Crippen molar-refractivity contribution in [1.82, 2.24) is 9.13 Å². The van der Waals surface area contributed by atoms with E-state index in [1.807, 2.05) is 0 Å². The second kappa shape index (κ2) is 10.4. The number of aliphatic hydroxyl groups is 1. The zero-order valence-electron chi connectivity index (χ0n) is 20.3. The molecule has 0 bridgehead atoms. The predicted molar refractivity (Wildman–Crippen MR) is 127 cm³/mol. The van der Waals surface area contributed by atoms with E-state index in [0.29, 0.717) is 11.1 Å². The predicted octanol–water partition coefficient (Wildman–Crippen LogP) is 6.07. The maximum atomic E-state index is 13.8. The minimum atomic E-state index is -4.85. The molecule has 0 radical (unpaired) electrons. The third-order valence-electron chi connectivity index (χ3n) is 5.70. The van der Waals surface area contributed by atoms with Crippen LogP contribution in [0.3, 0.4) is 0 Å². The van der Waals surface area contributed by atoms with E-state index in [2.05, 4.69) is 9.73 Å². The first kappa shape index (κ1) is 27.1. The highest BCUT2D eigenvalue weighted by Gasteiger charge is 2.33. The SMILES string of the molecule is CCOc1cc(C(F)(F)F)cc2c1n(C)c(=Nc1ccc(OC(F)(F)F)cc1)n2Cc1ccc(CO)cc1. The zero-order valence-corrected chi connectivity index (χ0v) is 20.3. The van der Waals surface area contributed by atoms with Crippen LogP contribution in [-0.2, 0) is 26.4 Å². The van der Waals surface area contributed by atoms with Crippen LogP contribution in [0.5, 0.6) is 11.5 Å². The van der Waals surface area contributed by atoms with Crippen LogP contribution >= 0.6 is 0 Å². The van der Waals surface area contributed by atoms with Crippen molar-refractivity contribution in [1.29, 1.82) is 0 Å². The summed E-state index contributed by atoms with van der Waals surface area (Å²) in [5.74, 6) is -0.418. The molecule has 0 aliphatic heterocycles. The number of fused-ring (bicyclic) bond motifs is 1. The van der Waals surface area contributed by atoms with Gasteiger partial charge in [0.15, 0.2) is 0 Å². The summed E-state index contributed by atoms with van der Waals surface area (Å²) in [6, 6.07) is 13.6. The van der Waals surface area contributed by atoms with Gasteiger partial charge in [-0.2, -0.15) is 13.2 Å². The van der Waals surface area contributed by atoms with Gasteiger partial charge >= 0.3 is 12.5 Å². The van der Waals surface area contributed by atoms with E-state index in [0.717, 1.165) is 29.8 Å². The van der Waals surface area contributed by atoms with E-state index >= 15 is 0 Å². The molecule has 0 saturated heterocycles. The van der Waals surface area contributed by atoms with Gasteiger partial charge in [0, 0.05) is 7.05 Å². The topological polar surface area (TPSA) is 60.9 Å². The number of aryl methyl sites for hydroxylation is 1. The first-order chi connectivity index (χ1) is 17.9. The Morgan fingerprint density at radius 1 is 0.895 bits per heavy atom. The molecule has 1 heterocycles. The minimum Gasteiger partial charge on any atom is -0.492 e. The molecular formula is C26H23F6N3O3. The van der Waals surface area contributed by atoms with E-state index in [4.69, 9.17) is 4.74 Å². The highest BCUT2D eigenvalue weighted by molar-refractivity contribution is 5.84. The van der Waals surface area contributed by atoms with Gasteiger partial charge in [0.05, 0.1) is 36.5 Å². The van der Waals surface area contributed by atoms with Crippen LogP contribution in [-0.4, -0.2) is 27.2 Å². The van der Waals surface area contributed by atoms with Gasteiger partial charge in [-0.25, -0.2) is 4.99 Å². The zero-order chi connectivity index (χ0) is 27.7. The summed E-state index contributed by atoms with van der Waals surface area (Å²) in [4.78, 5) is 4.55. The summed E-state index contributed by atoms with van der Waals surface area (Å²) in [7, 11) is 1.61. The maximum Gasteiger partial charge on any atom is 0.573 e. The van der Waals surface area contributed by atoms with Crippen LogP contribution in [0.1, 0.15) is 23.6 Å². The molecule has 3 aromatic carbocycles. The second-order valence-corrected chi connectivity index (χ2v) is 8.35. The van der Waals surface area contributed by atoms with Crippen molar-refractivity contribution in [3.63, 3.8) is 0 Å². The number of aliphatic hydroxyl groups excluding tert-OH is 1. The molecule has 4 rings (SSSR count). The molecule has 38 heavy (non-hydrogen) atoms. The van der Waals surface area contributed by atoms with Crippen LogP contribution in [0, 0.1) is 0 Å². The number of benzene rings is 3. The van der Waals surface area contributed by atoms with Crippen molar-refractivity contribution >= 4 is 16.7 Å². The Balaban J connectivity index is 1.95. The Labute approximate surface area is 213 Å². The Bertz CT molecular complexity index is 1490. The maximum absolute atomic E-state index is 13.8. The Morgan fingerprint density at radius 2 is 1.53 bits per heavy atom. The van der Waals surface area contributed by atoms with Crippen molar-refractivity contribution in [2.24, 2.45) is 12.0 Å². The van der Waals surface area contributed by atoms with E-state index in [1.165, 1.54) is 12.1 Å². The van der Waals surface area contributed by atoms with E-state index in [-0.39, 0.29) is 42.3 Å². The normalized spacial score (nSPS) is 12.8. The lowest BCUT2D eigenvalue weighted by Gasteiger charge is -2.12. The van der Waals surface area contributed by atoms with Crippen molar-refractivity contribution in [3.8, 4) is 11.5 Å². The smallest absolute Gasteiger partial charge is 0.492 e. The van der Waals surface area contributed by atoms with E-state index in [9.17, 15) is 31.4 Å². The van der Waals surface area contributed by atoms with Gasteiger partial charge in [0.25, 0.3) is 0 Å². The average molecular weight is 539 g/mol. The fourth-order valence-electron chi connectivity index (χ4n) is 4.02. The third kappa shape index (κ3) is 5.96. The first-order valence-corrected chi connectivity index (χ1v) is 11.4. The Hall–Kier alpha value is -3.93. The van der Waals surface area contributed by atoms with Gasteiger partial charge in [0.2, 0.25) is 5.62 Å². The lowest BCUT2D eigenvalue weighted by molar-refractivity contribution is -0.274. The number of imidazole rings is 1. The molecule has 6 nitrogen and oxygen atoms in total. The standard InChI is InChI=1S/C26H23F6N3O3/c1-3-37-22-13-18(25(27,28)29)12-21-23(22)34(2)24(35(21)14-16-4-6-17(15-36)7-5-16)33-19-8-10-20(11-9-19)38-26(30,31)32/h4-13,36H,3,14-15H2,1-2H3. The van der Waals surface area contributed by atoms with E-state index < -0.39 is 23.9 Å². The quantitative estimate of drug-likeness (QED) is 0.290. The molecule has 0 fully saturated rings. The molecule has 0 aliphatic carbocycles. The van der Waals surface area contributed by atoms with Gasteiger partial charge in [-0.15, -0.1) is 13.2 Å². The summed E-state index contributed by atoms with van der Waals surface area (Å²) >= 11 is 0. The van der Waals surface area contributed by atoms with Crippen molar-refractivity contribution in [3.05, 3.63) is 83.0 Å². The van der Waals surface area contributed by atoms with Crippen LogP contribution in [0.4, 0.5) is 32.0 Å². The molecule has 0 amide bonds. The number of aromatic nitrogens is 2. The number of rotatable bonds is 7. The molecule has 0 spiro atoms. The largest absolute Gasteiger partial charge is 0.573 e. The highest BCUT2D eigenvalue weighted by Crippen LogP contribution is 2.36. The molecule has 202 valence electrons. The highest BCUT2D eigenvalue weighted by atomic mass is 19.4. The fourth-order valence-corrected chi connectivity index (χ4v) is 4.02. The first-order valence-electron chi connectivity index (χ1n) is 11.4. The van der Waals surface area contributed by atoms with Gasteiger partial charge in [-0.05, 0) is 54.4 Å². The van der Waals surface area contributed by atoms with Crippen molar-refractivity contribution < 1.29 is 40.9 Å². The summed E-state index contributed by atoms with van der Waals surface area (Å²) < 4.78 is 91.5. The van der Waals surface area contributed by atoms with Crippen LogP contribution in [0.15, 0.2) is 65.7 Å². The van der Waals surface area contributed by atoms with Gasteiger partial charge < -0.3 is 23.7 Å². The second-order valence-electron chi connectivity index (χ2n) is 8.35. The molecule has 0 aliphatic rings. The third-order valence-corrected chi connectivity index (χ3v) is 5.70. The number of halogens is 6. The van der Waals surface area contributed by atoms with Crippen molar-refractivity contribution in [2.75, 3.05) is 6.61 Å². The lowest BCUT2D eigenvalue weighted by Crippen LogP contribution is -2.24.